The molecule has 0 aliphatic rings. The third kappa shape index (κ3) is 1.75. The fourth-order valence-electron chi connectivity index (χ4n) is 1.86. The van der Waals surface area contributed by atoms with Crippen LogP contribution in [-0.2, 0) is 13.5 Å². The summed E-state index contributed by atoms with van der Waals surface area (Å²) in [5, 5.41) is 8.83. The van der Waals surface area contributed by atoms with Gasteiger partial charge in [0, 0.05) is 13.7 Å². The molecule has 15 heavy (non-hydrogen) atoms. The van der Waals surface area contributed by atoms with Crippen molar-refractivity contribution in [3.05, 3.63) is 29.6 Å². The molecule has 1 aromatic heterocycles. The Hall–Kier alpha value is -1.35. The van der Waals surface area contributed by atoms with Gasteiger partial charge >= 0.3 is 0 Å². The molecule has 0 fully saturated rings. The Balaban J connectivity index is 2.51. The molecule has 0 radical (unpaired) electrons. The van der Waals surface area contributed by atoms with Crippen molar-refractivity contribution >= 4 is 11.0 Å². The highest BCUT2D eigenvalue weighted by molar-refractivity contribution is 5.79. The van der Waals surface area contributed by atoms with Gasteiger partial charge in [-0.25, -0.2) is 4.98 Å². The number of fused-ring (bicyclic) bond motifs is 1. The van der Waals surface area contributed by atoms with E-state index in [1.54, 1.807) is 0 Å². The van der Waals surface area contributed by atoms with Gasteiger partial charge in [-0.05, 0) is 31.4 Å². The van der Waals surface area contributed by atoms with E-state index in [1.165, 1.54) is 11.1 Å². The first kappa shape index (κ1) is 10.2. The summed E-state index contributed by atoms with van der Waals surface area (Å²) in [6, 6.07) is 6.22. The molecular formula is C12H16N2O. The highest BCUT2D eigenvalue weighted by Crippen LogP contribution is 2.19. The number of aliphatic hydroxyl groups is 1. The summed E-state index contributed by atoms with van der Waals surface area (Å²) < 4.78 is 2.10. The van der Waals surface area contributed by atoms with Gasteiger partial charge in [0.2, 0.25) is 0 Å². The van der Waals surface area contributed by atoms with Gasteiger partial charge in [0.25, 0.3) is 0 Å². The van der Waals surface area contributed by atoms with Crippen molar-refractivity contribution in [3.8, 4) is 0 Å². The van der Waals surface area contributed by atoms with Crippen molar-refractivity contribution in [1.29, 1.82) is 0 Å². The van der Waals surface area contributed by atoms with E-state index in [2.05, 4.69) is 27.8 Å². The molecule has 3 nitrogen and oxygen atoms in total. The number of para-hydroxylation sites is 1. The van der Waals surface area contributed by atoms with Crippen LogP contribution in [0.2, 0.25) is 0 Å². The van der Waals surface area contributed by atoms with Gasteiger partial charge in [-0.2, -0.15) is 0 Å². The second-order valence-corrected chi connectivity index (χ2v) is 3.83. The molecule has 1 N–H and O–H groups in total. The van der Waals surface area contributed by atoms with Crippen molar-refractivity contribution in [3.63, 3.8) is 0 Å². The van der Waals surface area contributed by atoms with E-state index >= 15 is 0 Å². The minimum atomic E-state index is 0.238. The third-order valence-corrected chi connectivity index (χ3v) is 2.82. The largest absolute Gasteiger partial charge is 0.396 e. The summed E-state index contributed by atoms with van der Waals surface area (Å²) >= 11 is 0. The van der Waals surface area contributed by atoms with E-state index < -0.39 is 0 Å². The lowest BCUT2D eigenvalue weighted by molar-refractivity contribution is 0.289. The molecule has 3 heteroatoms. The molecule has 0 bridgehead atoms. The van der Waals surface area contributed by atoms with Crippen LogP contribution in [0.15, 0.2) is 18.2 Å². The van der Waals surface area contributed by atoms with Crippen LogP contribution in [0.3, 0.4) is 0 Å². The maximum absolute atomic E-state index is 8.83. The lowest BCUT2D eigenvalue weighted by atomic mass is 10.1. The van der Waals surface area contributed by atoms with Crippen molar-refractivity contribution < 1.29 is 5.11 Å². The zero-order valence-corrected chi connectivity index (χ0v) is 9.20. The van der Waals surface area contributed by atoms with Gasteiger partial charge in [-0.15, -0.1) is 0 Å². The second-order valence-electron chi connectivity index (χ2n) is 3.83. The zero-order chi connectivity index (χ0) is 10.8. The first-order valence-corrected chi connectivity index (χ1v) is 5.26. The molecule has 1 heterocycles. The average molecular weight is 204 g/mol. The Morgan fingerprint density at radius 3 is 2.93 bits per heavy atom. The minimum Gasteiger partial charge on any atom is -0.396 e. The molecule has 0 aliphatic carbocycles. The van der Waals surface area contributed by atoms with Gasteiger partial charge in [-0.1, -0.05) is 12.1 Å². The summed E-state index contributed by atoms with van der Waals surface area (Å²) in [6.07, 6.45) is 1.69. The number of rotatable bonds is 3. The number of benzene rings is 1. The van der Waals surface area contributed by atoms with Gasteiger partial charge in [0.15, 0.2) is 0 Å². The Labute approximate surface area is 89.4 Å². The minimum absolute atomic E-state index is 0.238. The van der Waals surface area contributed by atoms with E-state index in [1.807, 2.05) is 14.0 Å². The Morgan fingerprint density at radius 1 is 1.40 bits per heavy atom. The molecule has 0 amide bonds. The van der Waals surface area contributed by atoms with Crippen molar-refractivity contribution in [2.75, 3.05) is 6.61 Å². The van der Waals surface area contributed by atoms with Crippen LogP contribution >= 0.6 is 0 Å². The standard InChI is InChI=1S/C12H16N2O/c1-9-13-12-10(6-4-8-15)5-3-7-11(12)14(9)2/h3,5,7,15H,4,6,8H2,1-2H3. The molecule has 2 rings (SSSR count). The van der Waals surface area contributed by atoms with Gasteiger partial charge < -0.3 is 9.67 Å². The lowest BCUT2D eigenvalue weighted by Gasteiger charge is -2.01. The molecule has 0 aliphatic heterocycles. The smallest absolute Gasteiger partial charge is 0.106 e. The summed E-state index contributed by atoms with van der Waals surface area (Å²) in [5.41, 5.74) is 3.47. The number of aromatic nitrogens is 2. The monoisotopic (exact) mass is 204 g/mol. The van der Waals surface area contributed by atoms with Crippen molar-refractivity contribution in [2.45, 2.75) is 19.8 Å². The third-order valence-electron chi connectivity index (χ3n) is 2.82. The number of imidazole rings is 1. The Kier molecular flexibility index (Phi) is 2.73. The first-order valence-electron chi connectivity index (χ1n) is 5.26. The topological polar surface area (TPSA) is 38.1 Å². The van der Waals surface area contributed by atoms with E-state index in [4.69, 9.17) is 5.11 Å². The predicted molar refractivity (Wildman–Crippen MR) is 60.9 cm³/mol. The van der Waals surface area contributed by atoms with E-state index in [-0.39, 0.29) is 6.61 Å². The fourth-order valence-corrected chi connectivity index (χ4v) is 1.86. The number of aryl methyl sites for hydroxylation is 3. The predicted octanol–water partition coefficient (Wildman–Crippen LogP) is 1.81. The molecule has 0 saturated carbocycles. The SMILES string of the molecule is Cc1nc2c(CCCO)cccc2n1C. The van der Waals surface area contributed by atoms with Crippen molar-refractivity contribution in [2.24, 2.45) is 7.05 Å². The van der Waals surface area contributed by atoms with Crippen LogP contribution in [0.25, 0.3) is 11.0 Å². The Morgan fingerprint density at radius 2 is 2.20 bits per heavy atom. The molecule has 0 atom stereocenters. The zero-order valence-electron chi connectivity index (χ0n) is 9.20. The van der Waals surface area contributed by atoms with Gasteiger partial charge in [0.1, 0.15) is 5.82 Å². The fraction of sp³-hybridized carbons (Fsp3) is 0.417. The van der Waals surface area contributed by atoms with Crippen LogP contribution in [-0.4, -0.2) is 21.3 Å². The molecular weight excluding hydrogens is 188 g/mol. The van der Waals surface area contributed by atoms with Crippen LogP contribution in [0.1, 0.15) is 17.8 Å². The number of hydrogen-bond acceptors (Lipinski definition) is 2. The molecule has 0 unspecified atom stereocenters. The van der Waals surface area contributed by atoms with Gasteiger partial charge in [0.05, 0.1) is 11.0 Å². The normalized spacial score (nSPS) is 11.1. The summed E-state index contributed by atoms with van der Waals surface area (Å²) in [4.78, 5) is 4.55. The number of hydrogen-bond donors (Lipinski definition) is 1. The molecule has 80 valence electrons. The molecule has 2 aromatic rings. The van der Waals surface area contributed by atoms with Gasteiger partial charge in [-0.3, -0.25) is 0 Å². The number of nitrogens with zero attached hydrogens (tertiary/aromatic N) is 2. The van der Waals surface area contributed by atoms with Crippen LogP contribution in [0.4, 0.5) is 0 Å². The number of aliphatic hydroxyl groups excluding tert-OH is 1. The highest BCUT2D eigenvalue weighted by atomic mass is 16.2. The van der Waals surface area contributed by atoms with Crippen molar-refractivity contribution in [1.82, 2.24) is 9.55 Å². The van der Waals surface area contributed by atoms with E-state index in [0.717, 1.165) is 24.2 Å². The first-order chi connectivity index (χ1) is 7.24. The summed E-state index contributed by atoms with van der Waals surface area (Å²) in [5.74, 6) is 1.03. The van der Waals surface area contributed by atoms with E-state index in [0.29, 0.717) is 0 Å². The molecule has 0 spiro atoms. The quantitative estimate of drug-likeness (QED) is 0.828. The highest BCUT2D eigenvalue weighted by Gasteiger charge is 2.07. The van der Waals surface area contributed by atoms with E-state index in [9.17, 15) is 0 Å². The maximum Gasteiger partial charge on any atom is 0.106 e. The van der Waals surface area contributed by atoms with Crippen LogP contribution in [0.5, 0.6) is 0 Å². The van der Waals surface area contributed by atoms with Crippen LogP contribution < -0.4 is 0 Å². The average Bonchev–Trinajstić information content (AvgIpc) is 2.53. The summed E-state index contributed by atoms with van der Waals surface area (Å²) in [7, 11) is 2.03. The Bertz CT molecular complexity index is 474. The summed E-state index contributed by atoms with van der Waals surface area (Å²) in [6.45, 7) is 2.25. The molecule has 1 aromatic carbocycles. The molecule has 0 saturated heterocycles. The lowest BCUT2D eigenvalue weighted by Crippen LogP contribution is -1.91. The second kappa shape index (κ2) is 4.03. The maximum atomic E-state index is 8.83. The van der Waals surface area contributed by atoms with Crippen LogP contribution in [0, 0.1) is 6.92 Å².